The van der Waals surface area contributed by atoms with Gasteiger partial charge in [0.15, 0.2) is 18.5 Å². The largest absolute Gasteiger partial charge is 0.467 e. The van der Waals surface area contributed by atoms with Crippen molar-refractivity contribution in [1.29, 1.82) is 0 Å². The van der Waals surface area contributed by atoms with Crippen LogP contribution in [-0.4, -0.2) is 54.2 Å². The van der Waals surface area contributed by atoms with E-state index < -0.39 is 58.9 Å². The maximum Gasteiger partial charge on any atom is 0.422 e. The first kappa shape index (κ1) is 24.3. The van der Waals surface area contributed by atoms with Crippen molar-refractivity contribution in [3.8, 4) is 5.88 Å². The van der Waals surface area contributed by atoms with E-state index in [1.54, 1.807) is 0 Å². The summed E-state index contributed by atoms with van der Waals surface area (Å²) in [7, 11) is 0. The number of hydrogen-bond acceptors (Lipinski definition) is 7. The Balaban J connectivity index is 1.39. The van der Waals surface area contributed by atoms with Gasteiger partial charge in [-0.25, -0.2) is 17.6 Å². The van der Waals surface area contributed by atoms with Crippen LogP contribution in [0.25, 0.3) is 0 Å². The van der Waals surface area contributed by atoms with Gasteiger partial charge >= 0.3 is 6.18 Å². The number of ether oxygens (including phenoxy) is 1. The van der Waals surface area contributed by atoms with E-state index in [2.05, 4.69) is 30.3 Å². The summed E-state index contributed by atoms with van der Waals surface area (Å²) in [5.41, 5.74) is -6.27. The number of benzene rings is 1. The van der Waals surface area contributed by atoms with Crippen molar-refractivity contribution >= 4 is 0 Å². The molecule has 1 atom stereocenters. The van der Waals surface area contributed by atoms with Crippen LogP contribution in [0.4, 0.5) is 30.7 Å². The van der Waals surface area contributed by atoms with Crippen LogP contribution in [0.3, 0.4) is 0 Å². The molecule has 8 nitrogen and oxygen atoms in total. The summed E-state index contributed by atoms with van der Waals surface area (Å²) in [5.74, 6) is -6.67. The Morgan fingerprint density at radius 2 is 1.72 bits per heavy atom. The van der Waals surface area contributed by atoms with E-state index in [1.165, 1.54) is 12.1 Å². The van der Waals surface area contributed by atoms with Gasteiger partial charge in [-0.1, -0.05) is 0 Å². The summed E-state index contributed by atoms with van der Waals surface area (Å²) >= 11 is 0. The van der Waals surface area contributed by atoms with Crippen molar-refractivity contribution in [2.45, 2.75) is 48.9 Å². The van der Waals surface area contributed by atoms with E-state index in [4.69, 9.17) is 0 Å². The molecule has 3 aliphatic carbocycles. The molecule has 3 aromatic rings. The highest BCUT2D eigenvalue weighted by atomic mass is 19.4. The third-order valence-corrected chi connectivity index (χ3v) is 6.92. The minimum Gasteiger partial charge on any atom is -0.467 e. The molecule has 0 radical (unpaired) electrons. The number of aliphatic hydroxyl groups is 1. The second-order valence-electron chi connectivity index (χ2n) is 9.28. The molecule has 1 N–H and O–H groups in total. The lowest BCUT2D eigenvalue weighted by atomic mass is 9.31. The normalized spacial score (nSPS) is 25.0. The van der Waals surface area contributed by atoms with Gasteiger partial charge in [0, 0.05) is 28.5 Å². The molecule has 36 heavy (non-hydrogen) atoms. The van der Waals surface area contributed by atoms with Crippen LogP contribution in [0.2, 0.25) is 0 Å². The predicted octanol–water partition coefficient (Wildman–Crippen LogP) is 3.33. The lowest BCUT2D eigenvalue weighted by Gasteiger charge is -2.73. The molecule has 0 saturated heterocycles. The SMILES string of the molecule is OC(Cn1ncnn1)(c1ccc(F)cc1F)C(F)(F)C12CC(c3ccc(OCC(F)(F)F)nn3)(C1)C2. The molecule has 0 amide bonds. The van der Waals surface area contributed by atoms with Crippen molar-refractivity contribution in [2.24, 2.45) is 5.41 Å². The standard InChI is InChI=1S/C21H17F7N6O2/c22-12-1-2-13(14(23)5-12)19(35,9-34-30-11-29-33-34)21(27,28)18-6-17(7-18,8-18)15-3-4-16(32-31-15)36-10-20(24,25)26/h1-5,11,35H,6-10H2. The molecule has 2 heterocycles. The summed E-state index contributed by atoms with van der Waals surface area (Å²) in [4.78, 5) is 0.684. The maximum atomic E-state index is 16.1. The highest BCUT2D eigenvalue weighted by molar-refractivity contribution is 5.40. The Kier molecular flexibility index (Phi) is 5.29. The topological polar surface area (TPSA) is 98.8 Å². The van der Waals surface area contributed by atoms with Gasteiger partial charge < -0.3 is 9.84 Å². The Bertz CT molecular complexity index is 1250. The first-order chi connectivity index (χ1) is 16.8. The molecule has 0 spiro atoms. The summed E-state index contributed by atoms with van der Waals surface area (Å²) < 4.78 is 102. The summed E-state index contributed by atoms with van der Waals surface area (Å²) in [6.07, 6.45) is -4.06. The van der Waals surface area contributed by atoms with Gasteiger partial charge in [0.05, 0.1) is 5.69 Å². The second-order valence-corrected chi connectivity index (χ2v) is 9.28. The van der Waals surface area contributed by atoms with Crippen LogP contribution in [0.15, 0.2) is 36.7 Å². The van der Waals surface area contributed by atoms with Gasteiger partial charge in [0.2, 0.25) is 5.88 Å². The molecule has 3 fully saturated rings. The zero-order valence-corrected chi connectivity index (χ0v) is 18.2. The number of hydrogen-bond donors (Lipinski definition) is 1. The average molecular weight is 518 g/mol. The maximum absolute atomic E-state index is 16.1. The molecule has 3 saturated carbocycles. The Labute approximate surface area is 198 Å². The number of halogens is 7. The van der Waals surface area contributed by atoms with Gasteiger partial charge in [-0.15, -0.1) is 15.3 Å². The minimum atomic E-state index is -4.56. The second kappa shape index (κ2) is 7.82. The van der Waals surface area contributed by atoms with Crippen molar-refractivity contribution < 1.29 is 40.6 Å². The Morgan fingerprint density at radius 1 is 1.00 bits per heavy atom. The van der Waals surface area contributed by atoms with Crippen LogP contribution in [0, 0.1) is 17.0 Å². The van der Waals surface area contributed by atoms with Gasteiger partial charge in [0.25, 0.3) is 5.92 Å². The van der Waals surface area contributed by atoms with Crippen LogP contribution < -0.4 is 4.74 Å². The first-order valence-electron chi connectivity index (χ1n) is 10.6. The zero-order chi connectivity index (χ0) is 26.0. The number of tetrazole rings is 1. The third-order valence-electron chi connectivity index (χ3n) is 6.92. The zero-order valence-electron chi connectivity index (χ0n) is 18.2. The van der Waals surface area contributed by atoms with E-state index in [0.717, 1.165) is 18.5 Å². The van der Waals surface area contributed by atoms with Crippen LogP contribution in [0.5, 0.6) is 5.88 Å². The highest BCUT2D eigenvalue weighted by Crippen LogP contribution is 2.80. The minimum absolute atomic E-state index is 0.152. The van der Waals surface area contributed by atoms with Crippen LogP contribution >= 0.6 is 0 Å². The fourth-order valence-electron chi connectivity index (χ4n) is 5.31. The average Bonchev–Trinajstić information content (AvgIpc) is 3.23. The van der Waals surface area contributed by atoms with Crippen LogP contribution in [0.1, 0.15) is 30.5 Å². The van der Waals surface area contributed by atoms with Crippen LogP contribution in [-0.2, 0) is 17.6 Å². The van der Waals surface area contributed by atoms with Gasteiger partial charge in [-0.05, 0) is 42.7 Å². The molecular weight excluding hydrogens is 501 g/mol. The Hall–Kier alpha value is -3.36. The molecular formula is C21H17F7N6O2. The molecule has 2 aromatic heterocycles. The predicted molar refractivity (Wildman–Crippen MR) is 105 cm³/mol. The summed E-state index contributed by atoms with van der Waals surface area (Å²) in [6.45, 7) is -2.51. The molecule has 0 aliphatic heterocycles. The first-order valence-corrected chi connectivity index (χ1v) is 10.6. The fraction of sp³-hybridized carbons (Fsp3) is 0.476. The number of alkyl halides is 5. The molecule has 6 rings (SSSR count). The van der Waals surface area contributed by atoms with Crippen molar-refractivity contribution in [1.82, 2.24) is 30.4 Å². The van der Waals surface area contributed by atoms with E-state index in [9.17, 15) is 27.1 Å². The monoisotopic (exact) mass is 518 g/mol. The molecule has 15 heteroatoms. The Morgan fingerprint density at radius 3 is 2.28 bits per heavy atom. The van der Waals surface area contributed by atoms with Gasteiger partial charge in [0.1, 0.15) is 18.2 Å². The molecule has 2 bridgehead atoms. The smallest absolute Gasteiger partial charge is 0.422 e. The lowest BCUT2D eigenvalue weighted by Crippen LogP contribution is -2.76. The van der Waals surface area contributed by atoms with E-state index in [-0.39, 0.29) is 30.8 Å². The molecule has 1 aromatic carbocycles. The third kappa shape index (κ3) is 3.67. The molecule has 3 aliphatic rings. The molecule has 192 valence electrons. The van der Waals surface area contributed by atoms with Crippen molar-refractivity contribution in [2.75, 3.05) is 6.61 Å². The van der Waals surface area contributed by atoms with Crippen molar-refractivity contribution in [3.05, 3.63) is 59.6 Å². The quantitative estimate of drug-likeness (QED) is 0.457. The van der Waals surface area contributed by atoms with Gasteiger partial charge in [-0.3, -0.25) is 0 Å². The number of nitrogens with zero attached hydrogens (tertiary/aromatic N) is 6. The lowest BCUT2D eigenvalue weighted by molar-refractivity contribution is -0.348. The van der Waals surface area contributed by atoms with E-state index in [0.29, 0.717) is 10.9 Å². The number of aromatic nitrogens is 6. The van der Waals surface area contributed by atoms with Crippen molar-refractivity contribution in [3.63, 3.8) is 0 Å². The fourth-order valence-corrected chi connectivity index (χ4v) is 5.31. The van der Waals surface area contributed by atoms with E-state index in [1.807, 2.05) is 0 Å². The molecule has 1 unspecified atom stereocenters. The summed E-state index contributed by atoms with van der Waals surface area (Å²) in [6, 6.07) is 4.43. The van der Waals surface area contributed by atoms with E-state index >= 15 is 8.78 Å². The summed E-state index contributed by atoms with van der Waals surface area (Å²) in [5, 5.41) is 29.3. The number of rotatable bonds is 8. The highest BCUT2D eigenvalue weighted by Gasteiger charge is 2.82. The van der Waals surface area contributed by atoms with Gasteiger partial charge in [-0.2, -0.15) is 23.1 Å².